The zero-order chi connectivity index (χ0) is 14.7. The summed E-state index contributed by atoms with van der Waals surface area (Å²) in [5.74, 6) is -1.04. The second-order valence-corrected chi connectivity index (χ2v) is 4.48. The average molecular weight is 274 g/mol. The third-order valence-electron chi connectivity index (χ3n) is 2.89. The molecule has 0 fully saturated rings. The van der Waals surface area contributed by atoms with E-state index in [-0.39, 0.29) is 17.9 Å². The zero-order valence-electron chi connectivity index (χ0n) is 11.0. The Bertz CT molecular complexity index is 656. The van der Waals surface area contributed by atoms with Crippen LogP contribution in [0.3, 0.4) is 0 Å². The molecule has 0 aliphatic carbocycles. The molecule has 4 nitrogen and oxygen atoms in total. The van der Waals surface area contributed by atoms with Gasteiger partial charge >= 0.3 is 5.97 Å². The number of halogens is 1. The molecule has 0 amide bonds. The minimum atomic E-state index is -0.624. The highest BCUT2D eigenvalue weighted by atomic mass is 19.1. The number of aryl methyl sites for hydroxylation is 1. The van der Waals surface area contributed by atoms with Crippen molar-refractivity contribution >= 4 is 17.3 Å². The Kier molecular flexibility index (Phi) is 3.89. The first kappa shape index (κ1) is 13.9. The maximum absolute atomic E-state index is 13.4. The van der Waals surface area contributed by atoms with Crippen LogP contribution in [0.1, 0.15) is 21.5 Å². The van der Waals surface area contributed by atoms with Crippen LogP contribution in [-0.4, -0.2) is 5.97 Å². The van der Waals surface area contributed by atoms with E-state index in [0.717, 1.165) is 5.56 Å². The molecule has 0 radical (unpaired) electrons. The Morgan fingerprint density at radius 2 is 1.95 bits per heavy atom. The first-order valence-electron chi connectivity index (χ1n) is 6.05. The van der Waals surface area contributed by atoms with Crippen molar-refractivity contribution in [3.8, 4) is 0 Å². The lowest BCUT2D eigenvalue weighted by Gasteiger charge is -2.10. The van der Waals surface area contributed by atoms with Gasteiger partial charge in [-0.25, -0.2) is 9.18 Å². The number of ether oxygens (including phenoxy) is 1. The maximum atomic E-state index is 13.4. The summed E-state index contributed by atoms with van der Waals surface area (Å²) in [6, 6.07) is 9.36. The Labute approximate surface area is 116 Å². The number of nitrogen functional groups attached to an aromatic ring is 2. The molecule has 0 saturated heterocycles. The summed E-state index contributed by atoms with van der Waals surface area (Å²) >= 11 is 0. The van der Waals surface area contributed by atoms with Crippen LogP contribution in [0.4, 0.5) is 15.8 Å². The lowest BCUT2D eigenvalue weighted by molar-refractivity contribution is 0.0470. The van der Waals surface area contributed by atoms with E-state index in [0.29, 0.717) is 11.3 Å². The van der Waals surface area contributed by atoms with Gasteiger partial charge in [-0.15, -0.1) is 0 Å². The van der Waals surface area contributed by atoms with Crippen molar-refractivity contribution in [1.82, 2.24) is 0 Å². The van der Waals surface area contributed by atoms with E-state index in [2.05, 4.69) is 0 Å². The van der Waals surface area contributed by atoms with Crippen LogP contribution in [0.25, 0.3) is 0 Å². The van der Waals surface area contributed by atoms with E-state index in [9.17, 15) is 9.18 Å². The van der Waals surface area contributed by atoms with Crippen LogP contribution in [-0.2, 0) is 11.3 Å². The summed E-state index contributed by atoms with van der Waals surface area (Å²) in [6.07, 6.45) is 0. The summed E-state index contributed by atoms with van der Waals surface area (Å²) in [5.41, 5.74) is 13.2. The zero-order valence-corrected chi connectivity index (χ0v) is 11.0. The molecule has 0 heterocycles. The second kappa shape index (κ2) is 5.61. The fraction of sp³-hybridized carbons (Fsp3) is 0.133. The third kappa shape index (κ3) is 2.88. The fourth-order valence-electron chi connectivity index (χ4n) is 1.83. The molecule has 0 aliphatic heterocycles. The van der Waals surface area contributed by atoms with Crippen LogP contribution in [0.5, 0.6) is 0 Å². The number of hydrogen-bond acceptors (Lipinski definition) is 4. The Balaban J connectivity index is 2.15. The molecular weight excluding hydrogens is 259 g/mol. The van der Waals surface area contributed by atoms with E-state index in [1.165, 1.54) is 6.07 Å². The van der Waals surface area contributed by atoms with Crippen molar-refractivity contribution in [2.45, 2.75) is 13.5 Å². The van der Waals surface area contributed by atoms with Gasteiger partial charge in [0.1, 0.15) is 12.4 Å². The minimum absolute atomic E-state index is 0.154. The molecule has 2 aromatic rings. The molecule has 0 unspecified atom stereocenters. The molecule has 20 heavy (non-hydrogen) atoms. The number of rotatable bonds is 3. The van der Waals surface area contributed by atoms with Gasteiger partial charge in [0.25, 0.3) is 0 Å². The summed E-state index contributed by atoms with van der Waals surface area (Å²) < 4.78 is 18.5. The number of carbonyl (C=O) groups is 1. The van der Waals surface area contributed by atoms with Gasteiger partial charge in [-0.3, -0.25) is 0 Å². The van der Waals surface area contributed by atoms with Gasteiger partial charge in [0.05, 0.1) is 16.9 Å². The highest BCUT2D eigenvalue weighted by Gasteiger charge is 2.15. The quantitative estimate of drug-likeness (QED) is 0.666. The molecule has 4 N–H and O–H groups in total. The van der Waals surface area contributed by atoms with Gasteiger partial charge in [-0.2, -0.15) is 0 Å². The number of esters is 1. The molecule has 2 rings (SSSR count). The molecule has 0 atom stereocenters. The van der Waals surface area contributed by atoms with Crippen molar-refractivity contribution in [1.29, 1.82) is 0 Å². The number of anilines is 2. The molecule has 0 bridgehead atoms. The number of carbonyl (C=O) groups excluding carboxylic acids is 1. The predicted octanol–water partition coefficient (Wildman–Crippen LogP) is 2.66. The first-order chi connectivity index (χ1) is 9.49. The summed E-state index contributed by atoms with van der Waals surface area (Å²) in [5, 5.41) is 0. The van der Waals surface area contributed by atoms with Crippen molar-refractivity contribution in [3.05, 3.63) is 58.9 Å². The van der Waals surface area contributed by atoms with Crippen LogP contribution < -0.4 is 11.5 Å². The molecule has 0 aromatic heterocycles. The summed E-state index contributed by atoms with van der Waals surface area (Å²) in [7, 11) is 0. The van der Waals surface area contributed by atoms with E-state index in [1.807, 2.05) is 0 Å². The van der Waals surface area contributed by atoms with E-state index < -0.39 is 11.8 Å². The normalized spacial score (nSPS) is 10.3. The smallest absolute Gasteiger partial charge is 0.340 e. The fourth-order valence-corrected chi connectivity index (χ4v) is 1.83. The molecule has 0 saturated carbocycles. The van der Waals surface area contributed by atoms with E-state index in [1.54, 1.807) is 37.3 Å². The lowest BCUT2D eigenvalue weighted by Crippen LogP contribution is -2.11. The van der Waals surface area contributed by atoms with Crippen LogP contribution in [0, 0.1) is 12.7 Å². The van der Waals surface area contributed by atoms with Crippen LogP contribution in [0.2, 0.25) is 0 Å². The van der Waals surface area contributed by atoms with Crippen molar-refractivity contribution in [3.63, 3.8) is 0 Å². The molecule has 0 aliphatic rings. The van der Waals surface area contributed by atoms with Gasteiger partial charge in [0.2, 0.25) is 0 Å². The van der Waals surface area contributed by atoms with Gasteiger partial charge in [0.15, 0.2) is 0 Å². The SMILES string of the molecule is Cc1cc(N)c(N)c(C(=O)OCc2ccccc2F)c1. The summed E-state index contributed by atoms with van der Waals surface area (Å²) in [4.78, 5) is 12.0. The minimum Gasteiger partial charge on any atom is -0.457 e. The Hall–Kier alpha value is -2.56. The maximum Gasteiger partial charge on any atom is 0.340 e. The van der Waals surface area contributed by atoms with Crippen LogP contribution >= 0.6 is 0 Å². The first-order valence-corrected chi connectivity index (χ1v) is 6.05. The highest BCUT2D eigenvalue weighted by molar-refractivity contribution is 5.98. The van der Waals surface area contributed by atoms with Gasteiger partial charge in [0, 0.05) is 5.56 Å². The number of nitrogens with two attached hydrogens (primary N) is 2. The largest absolute Gasteiger partial charge is 0.457 e. The lowest BCUT2D eigenvalue weighted by atomic mass is 10.1. The Morgan fingerprint density at radius 1 is 1.25 bits per heavy atom. The molecule has 5 heteroatoms. The number of benzene rings is 2. The highest BCUT2D eigenvalue weighted by Crippen LogP contribution is 2.23. The molecule has 0 spiro atoms. The standard InChI is InChI=1S/C15H15FN2O2/c1-9-6-11(14(18)13(17)7-9)15(19)20-8-10-4-2-3-5-12(10)16/h2-7H,8,17-18H2,1H3. The third-order valence-corrected chi connectivity index (χ3v) is 2.89. The van der Waals surface area contributed by atoms with Gasteiger partial charge in [-0.1, -0.05) is 18.2 Å². The second-order valence-electron chi connectivity index (χ2n) is 4.48. The average Bonchev–Trinajstić information content (AvgIpc) is 2.41. The van der Waals surface area contributed by atoms with E-state index >= 15 is 0 Å². The topological polar surface area (TPSA) is 78.3 Å². The summed E-state index contributed by atoms with van der Waals surface area (Å²) in [6.45, 7) is 1.64. The Morgan fingerprint density at radius 3 is 2.65 bits per heavy atom. The van der Waals surface area contributed by atoms with Gasteiger partial charge < -0.3 is 16.2 Å². The van der Waals surface area contributed by atoms with Crippen molar-refractivity contribution in [2.24, 2.45) is 0 Å². The number of hydrogen-bond donors (Lipinski definition) is 2. The van der Waals surface area contributed by atoms with Crippen LogP contribution in [0.15, 0.2) is 36.4 Å². The van der Waals surface area contributed by atoms with Crippen molar-refractivity contribution < 1.29 is 13.9 Å². The molecule has 104 valence electrons. The van der Waals surface area contributed by atoms with Gasteiger partial charge in [-0.05, 0) is 30.7 Å². The monoisotopic (exact) mass is 274 g/mol. The molecular formula is C15H15FN2O2. The molecule has 2 aromatic carbocycles. The predicted molar refractivity (Wildman–Crippen MR) is 75.5 cm³/mol. The van der Waals surface area contributed by atoms with E-state index in [4.69, 9.17) is 16.2 Å². The van der Waals surface area contributed by atoms with Crippen molar-refractivity contribution in [2.75, 3.05) is 11.5 Å².